The van der Waals surface area contributed by atoms with Gasteiger partial charge in [-0.1, -0.05) is 86.9 Å². The lowest BCUT2D eigenvalue weighted by atomic mass is 10.1. The van der Waals surface area contributed by atoms with Crippen LogP contribution >= 0.6 is 0 Å². The zero-order valence-corrected chi connectivity index (χ0v) is 15.8. The molecule has 0 amide bonds. The van der Waals surface area contributed by atoms with Crippen molar-refractivity contribution in [1.82, 2.24) is 0 Å². The fraction of sp³-hybridized carbons (Fsp3) is 0.500. The van der Waals surface area contributed by atoms with Gasteiger partial charge in [-0.25, -0.2) is 0 Å². The van der Waals surface area contributed by atoms with E-state index >= 15 is 0 Å². The van der Waals surface area contributed by atoms with Crippen molar-refractivity contribution in [2.45, 2.75) is 70.5 Å². The molecule has 2 atom stereocenters. The van der Waals surface area contributed by atoms with E-state index in [-0.39, 0.29) is 6.42 Å². The SMILES string of the molecule is CCCCCC(O)C(O)\C=C/C=C/C=C/C/C=C/C/C=C/CCC(=O)O. The van der Waals surface area contributed by atoms with Gasteiger partial charge < -0.3 is 15.3 Å². The summed E-state index contributed by atoms with van der Waals surface area (Å²) in [7, 11) is 0. The van der Waals surface area contributed by atoms with Crippen molar-refractivity contribution in [1.29, 1.82) is 0 Å². The second kappa shape index (κ2) is 17.9. The van der Waals surface area contributed by atoms with E-state index in [4.69, 9.17) is 5.11 Å². The van der Waals surface area contributed by atoms with E-state index < -0.39 is 18.2 Å². The summed E-state index contributed by atoms with van der Waals surface area (Å²) in [6.07, 6.45) is 23.6. The van der Waals surface area contributed by atoms with Crippen LogP contribution in [0.4, 0.5) is 0 Å². The molecule has 0 bridgehead atoms. The molecule has 0 aliphatic rings. The molecule has 0 aliphatic carbocycles. The van der Waals surface area contributed by atoms with E-state index in [0.717, 1.165) is 32.1 Å². The van der Waals surface area contributed by atoms with Crippen LogP contribution in [0.3, 0.4) is 0 Å². The summed E-state index contributed by atoms with van der Waals surface area (Å²) in [6, 6.07) is 0. The van der Waals surface area contributed by atoms with Gasteiger partial charge in [0.2, 0.25) is 0 Å². The number of aliphatic hydroxyl groups excluding tert-OH is 2. The summed E-state index contributed by atoms with van der Waals surface area (Å²) in [5.74, 6) is -0.768. The fourth-order valence-electron chi connectivity index (χ4n) is 2.14. The third-order valence-electron chi connectivity index (χ3n) is 3.68. The van der Waals surface area contributed by atoms with Gasteiger partial charge in [-0.3, -0.25) is 4.79 Å². The first kappa shape index (κ1) is 24.1. The topological polar surface area (TPSA) is 77.8 Å². The van der Waals surface area contributed by atoms with Crippen molar-refractivity contribution >= 4 is 5.97 Å². The molecule has 0 aromatic heterocycles. The summed E-state index contributed by atoms with van der Waals surface area (Å²) in [4.78, 5) is 10.3. The molecule has 0 aliphatic heterocycles. The predicted octanol–water partition coefficient (Wildman–Crippen LogP) is 4.71. The van der Waals surface area contributed by atoms with Crippen molar-refractivity contribution in [3.63, 3.8) is 0 Å². The number of carboxylic acid groups (broad SMARTS) is 1. The van der Waals surface area contributed by atoms with Crippen LogP contribution in [-0.4, -0.2) is 33.5 Å². The van der Waals surface area contributed by atoms with E-state index in [0.29, 0.717) is 12.8 Å². The average molecular weight is 363 g/mol. The summed E-state index contributed by atoms with van der Waals surface area (Å²) < 4.78 is 0. The fourth-order valence-corrected chi connectivity index (χ4v) is 2.14. The highest BCUT2D eigenvalue weighted by atomic mass is 16.4. The molecule has 0 saturated carbocycles. The van der Waals surface area contributed by atoms with Gasteiger partial charge in [0.15, 0.2) is 0 Å². The lowest BCUT2D eigenvalue weighted by molar-refractivity contribution is -0.136. The lowest BCUT2D eigenvalue weighted by Crippen LogP contribution is -2.23. The van der Waals surface area contributed by atoms with Crippen LogP contribution in [0.5, 0.6) is 0 Å². The minimum atomic E-state index is -0.813. The van der Waals surface area contributed by atoms with Crippen molar-refractivity contribution < 1.29 is 20.1 Å². The minimum Gasteiger partial charge on any atom is -0.481 e. The van der Waals surface area contributed by atoms with Crippen LogP contribution in [0.15, 0.2) is 60.8 Å². The van der Waals surface area contributed by atoms with Gasteiger partial charge in [0.1, 0.15) is 0 Å². The molecule has 3 N–H and O–H groups in total. The van der Waals surface area contributed by atoms with Crippen molar-refractivity contribution in [2.24, 2.45) is 0 Å². The molecule has 0 spiro atoms. The van der Waals surface area contributed by atoms with Crippen molar-refractivity contribution in [2.75, 3.05) is 0 Å². The smallest absolute Gasteiger partial charge is 0.303 e. The molecule has 4 nitrogen and oxygen atoms in total. The Morgan fingerprint density at radius 3 is 2.23 bits per heavy atom. The molecule has 0 aromatic rings. The minimum absolute atomic E-state index is 0.179. The quantitative estimate of drug-likeness (QED) is 0.224. The molecule has 4 heteroatoms. The number of aliphatic hydroxyl groups is 2. The largest absolute Gasteiger partial charge is 0.481 e. The molecule has 0 aromatic carbocycles. The Hall–Kier alpha value is -1.91. The van der Waals surface area contributed by atoms with Gasteiger partial charge in [-0.05, 0) is 25.7 Å². The third-order valence-corrected chi connectivity index (χ3v) is 3.68. The summed E-state index contributed by atoms with van der Waals surface area (Å²) in [5, 5.41) is 28.1. The van der Waals surface area contributed by atoms with Crippen LogP contribution in [0, 0.1) is 0 Å². The lowest BCUT2D eigenvalue weighted by Gasteiger charge is -2.13. The van der Waals surface area contributed by atoms with E-state index in [1.165, 1.54) is 0 Å². The zero-order valence-electron chi connectivity index (χ0n) is 15.8. The Kier molecular flexibility index (Phi) is 16.6. The maximum Gasteiger partial charge on any atom is 0.303 e. The Balaban J connectivity index is 3.80. The molecule has 146 valence electrons. The predicted molar refractivity (Wildman–Crippen MR) is 108 cm³/mol. The van der Waals surface area contributed by atoms with Gasteiger partial charge in [-0.2, -0.15) is 0 Å². The Morgan fingerprint density at radius 2 is 1.54 bits per heavy atom. The number of carbonyl (C=O) groups is 1. The first-order valence-electron chi connectivity index (χ1n) is 9.45. The molecule has 0 saturated heterocycles. The third kappa shape index (κ3) is 16.9. The van der Waals surface area contributed by atoms with Gasteiger partial charge in [0.25, 0.3) is 0 Å². The molecule has 0 heterocycles. The number of aliphatic carboxylic acids is 1. The normalized spacial score (nSPS) is 15.2. The summed E-state index contributed by atoms with van der Waals surface area (Å²) >= 11 is 0. The summed E-state index contributed by atoms with van der Waals surface area (Å²) in [6.45, 7) is 2.11. The second-order valence-electron chi connectivity index (χ2n) is 6.10. The van der Waals surface area contributed by atoms with Gasteiger partial charge >= 0.3 is 5.97 Å². The molecular formula is C22H34O4. The van der Waals surface area contributed by atoms with E-state index in [9.17, 15) is 15.0 Å². The number of hydrogen-bond acceptors (Lipinski definition) is 3. The van der Waals surface area contributed by atoms with Gasteiger partial charge in [0.05, 0.1) is 12.2 Å². The molecule has 0 fully saturated rings. The Bertz CT molecular complexity index is 486. The Labute approximate surface area is 157 Å². The molecule has 2 unspecified atom stereocenters. The van der Waals surface area contributed by atoms with E-state index in [2.05, 4.69) is 13.0 Å². The maximum atomic E-state index is 10.3. The molecule has 0 radical (unpaired) electrons. The Morgan fingerprint density at radius 1 is 0.885 bits per heavy atom. The van der Waals surface area contributed by atoms with Crippen LogP contribution in [0.2, 0.25) is 0 Å². The van der Waals surface area contributed by atoms with Crippen LogP contribution in [0.25, 0.3) is 0 Å². The molecular weight excluding hydrogens is 328 g/mol. The number of rotatable bonds is 15. The molecule has 0 rings (SSSR count). The van der Waals surface area contributed by atoms with E-state index in [1.54, 1.807) is 12.2 Å². The monoisotopic (exact) mass is 362 g/mol. The summed E-state index contributed by atoms with van der Waals surface area (Å²) in [5.41, 5.74) is 0. The standard InChI is InChI=1S/C22H34O4/c1-2-3-14-17-20(23)21(24)18-15-12-10-8-6-4-5-7-9-11-13-16-19-22(25)26/h5-8,10-13,15,18,20-21,23-24H,2-4,9,14,16-17,19H2,1H3,(H,25,26)/b7-5+,8-6+,12-10+,13-11+,18-15-. The highest BCUT2D eigenvalue weighted by molar-refractivity contribution is 5.66. The number of allylic oxidation sites excluding steroid dienone is 9. The number of hydrogen-bond donors (Lipinski definition) is 3. The molecule has 26 heavy (non-hydrogen) atoms. The van der Waals surface area contributed by atoms with Gasteiger partial charge in [0, 0.05) is 6.42 Å². The van der Waals surface area contributed by atoms with E-state index in [1.807, 2.05) is 42.5 Å². The van der Waals surface area contributed by atoms with Crippen LogP contribution in [-0.2, 0) is 4.79 Å². The van der Waals surface area contributed by atoms with Gasteiger partial charge in [-0.15, -0.1) is 0 Å². The highest BCUT2D eigenvalue weighted by Gasteiger charge is 2.11. The number of unbranched alkanes of at least 4 members (excludes halogenated alkanes) is 2. The second-order valence-corrected chi connectivity index (χ2v) is 6.10. The average Bonchev–Trinajstić information content (AvgIpc) is 2.61. The first-order chi connectivity index (χ1) is 12.6. The zero-order chi connectivity index (χ0) is 19.5. The number of carboxylic acids is 1. The maximum absolute atomic E-state index is 10.3. The van der Waals surface area contributed by atoms with Crippen LogP contribution in [0.1, 0.15) is 58.3 Å². The first-order valence-corrected chi connectivity index (χ1v) is 9.45. The van der Waals surface area contributed by atoms with Crippen molar-refractivity contribution in [3.05, 3.63) is 60.8 Å². The highest BCUT2D eigenvalue weighted by Crippen LogP contribution is 2.07. The van der Waals surface area contributed by atoms with Crippen molar-refractivity contribution in [3.8, 4) is 0 Å². The van der Waals surface area contributed by atoms with Crippen LogP contribution < -0.4 is 0 Å².